The Balaban J connectivity index is 1.25. The number of nitriles is 1. The maximum Gasteiger partial charge on any atom is 0.145 e. The highest BCUT2D eigenvalue weighted by molar-refractivity contribution is 14.2. The van der Waals surface area contributed by atoms with Crippen molar-refractivity contribution in [3.63, 3.8) is 0 Å². The van der Waals surface area contributed by atoms with E-state index in [1.54, 1.807) is 0 Å². The molecule has 0 saturated carbocycles. The molecule has 9 aromatic rings. The van der Waals surface area contributed by atoms with Gasteiger partial charge in [-0.3, -0.25) is 4.57 Å². The lowest BCUT2D eigenvalue weighted by Crippen LogP contribution is -2.03. The van der Waals surface area contributed by atoms with E-state index in [2.05, 4.69) is 168 Å². The molecule has 0 radical (unpaired) electrons. The molecule has 6 aromatic carbocycles. The van der Waals surface area contributed by atoms with Gasteiger partial charge in [-0.25, -0.2) is 4.98 Å². The number of allylic oxidation sites excluding steroid dienone is 1. The molecule has 246 valence electrons. The van der Waals surface area contributed by atoms with Crippen LogP contribution in [0.1, 0.15) is 40.8 Å². The van der Waals surface area contributed by atoms with Crippen molar-refractivity contribution in [2.75, 3.05) is 0 Å². The number of pyridine rings is 1. The van der Waals surface area contributed by atoms with Gasteiger partial charge in [-0.05, 0) is 81.7 Å². The molecule has 0 aliphatic carbocycles. The number of nitrogens with zero attached hydrogens (tertiary/aromatic N) is 4. The second-order valence-corrected chi connectivity index (χ2v) is 16.5. The molecule has 5 heteroatoms. The Bertz CT molecular complexity index is 2980. The molecular weight excluding hydrogens is 747 g/mol. The maximum absolute atomic E-state index is 9.60. The molecule has 1 aliphatic heterocycles. The standard InChI is InChI=1S/C47H31IN4/c1-30(33-16-12-13-31(27-33)29-49)48-40(32-14-4-2-5-15-32)28-39-35-19-8-10-21-42(35)52-46-36(37-23-25-41(39)50-47(37)52)24-26-44-45(46)38-20-9-11-22-43(38)51(44)34-17-6-3-7-18-34/h2-28,39H,1H3/b40-28-/t39-/m0/s1. The van der Waals surface area contributed by atoms with Gasteiger partial charge in [-0.1, -0.05) is 130 Å². The molecule has 52 heavy (non-hydrogen) atoms. The minimum atomic E-state index is -0.576. The van der Waals surface area contributed by atoms with Crippen LogP contribution in [0.2, 0.25) is 0 Å². The summed E-state index contributed by atoms with van der Waals surface area (Å²) in [5.41, 5.74) is 12.2. The second kappa shape index (κ2) is 12.3. The lowest BCUT2D eigenvalue weighted by molar-refractivity contribution is 0.980. The first kappa shape index (κ1) is 30.7. The topological polar surface area (TPSA) is 46.5 Å². The quantitative estimate of drug-likeness (QED) is 0.163. The number of aromatic nitrogens is 3. The minimum absolute atomic E-state index is 0.0476. The van der Waals surface area contributed by atoms with E-state index in [1.165, 1.54) is 50.9 Å². The first-order valence-electron chi connectivity index (χ1n) is 17.5. The monoisotopic (exact) mass is 778 g/mol. The van der Waals surface area contributed by atoms with Crippen molar-refractivity contribution in [1.29, 1.82) is 5.26 Å². The van der Waals surface area contributed by atoms with E-state index < -0.39 is 20.7 Å². The number of hydrogen-bond acceptors (Lipinski definition) is 2. The molecule has 4 nitrogen and oxygen atoms in total. The first-order chi connectivity index (χ1) is 25.7. The van der Waals surface area contributed by atoms with Crippen LogP contribution in [0.5, 0.6) is 0 Å². The Hall–Kier alpha value is -6.10. The van der Waals surface area contributed by atoms with Crippen LogP contribution in [0.25, 0.3) is 58.7 Å². The van der Waals surface area contributed by atoms with Gasteiger partial charge < -0.3 is 4.57 Å². The van der Waals surface area contributed by atoms with Crippen molar-refractivity contribution in [3.05, 3.63) is 192 Å². The van der Waals surface area contributed by atoms with Gasteiger partial charge in [0.15, 0.2) is 0 Å². The highest BCUT2D eigenvalue weighted by Crippen LogP contribution is 2.46. The SMILES string of the molecule is CC(=I/C(=C\[C@@H]1c2ccc3c4ccc5c(c6ccccc6n5-c5ccccc5)c4n(c3n2)-c2ccccc21)c1ccccc1)c1cccc(C#N)c1. The summed E-state index contributed by atoms with van der Waals surface area (Å²) in [6.07, 6.45) is 2.47. The average molecular weight is 779 g/mol. The van der Waals surface area contributed by atoms with Gasteiger partial charge in [0.05, 0.1) is 39.6 Å². The fourth-order valence-corrected chi connectivity index (χ4v) is 10.7. The zero-order valence-electron chi connectivity index (χ0n) is 28.3. The van der Waals surface area contributed by atoms with Gasteiger partial charge in [0.1, 0.15) is 5.65 Å². The summed E-state index contributed by atoms with van der Waals surface area (Å²) in [5.74, 6) is -0.0476. The van der Waals surface area contributed by atoms with Gasteiger partial charge in [-0.2, -0.15) is 5.26 Å². The molecule has 4 heterocycles. The third kappa shape index (κ3) is 4.79. The lowest BCUT2D eigenvalue weighted by atomic mass is 9.92. The second-order valence-electron chi connectivity index (χ2n) is 13.2. The van der Waals surface area contributed by atoms with E-state index in [9.17, 15) is 5.26 Å². The Morgan fingerprint density at radius 2 is 1.40 bits per heavy atom. The minimum Gasteiger partial charge on any atom is -0.309 e. The van der Waals surface area contributed by atoms with Crippen LogP contribution >= 0.6 is 20.7 Å². The maximum atomic E-state index is 9.60. The zero-order valence-corrected chi connectivity index (χ0v) is 30.5. The van der Waals surface area contributed by atoms with E-state index in [1.807, 2.05) is 18.2 Å². The van der Waals surface area contributed by atoms with Gasteiger partial charge >= 0.3 is 0 Å². The number of para-hydroxylation sites is 3. The van der Waals surface area contributed by atoms with Gasteiger partial charge in [-0.15, -0.1) is 0 Å². The molecule has 1 aliphatic rings. The normalized spacial score (nSPS) is 14.4. The van der Waals surface area contributed by atoms with E-state index >= 15 is 0 Å². The summed E-state index contributed by atoms with van der Waals surface area (Å²) in [6, 6.07) is 58.5. The molecule has 10 rings (SSSR count). The molecule has 3 aromatic heterocycles. The lowest BCUT2D eigenvalue weighted by Gasteiger charge is -2.18. The molecule has 1 atom stereocenters. The van der Waals surface area contributed by atoms with Crippen LogP contribution in [-0.2, 0) is 0 Å². The van der Waals surface area contributed by atoms with Crippen molar-refractivity contribution >= 4 is 71.6 Å². The van der Waals surface area contributed by atoms with Crippen molar-refractivity contribution < 1.29 is 0 Å². The summed E-state index contributed by atoms with van der Waals surface area (Å²) in [4.78, 5) is 5.53. The summed E-state index contributed by atoms with van der Waals surface area (Å²) in [6.45, 7) is 2.22. The highest BCUT2D eigenvalue weighted by Gasteiger charge is 2.28. The fourth-order valence-electron chi connectivity index (χ4n) is 7.93. The van der Waals surface area contributed by atoms with Crippen LogP contribution < -0.4 is 0 Å². The van der Waals surface area contributed by atoms with E-state index in [4.69, 9.17) is 4.98 Å². The van der Waals surface area contributed by atoms with Crippen LogP contribution in [0.4, 0.5) is 0 Å². The number of halogens is 1. The summed E-state index contributed by atoms with van der Waals surface area (Å²) >= 11 is -0.576. The summed E-state index contributed by atoms with van der Waals surface area (Å²) < 4.78 is 7.49. The molecule has 0 amide bonds. The van der Waals surface area contributed by atoms with Crippen LogP contribution in [0.3, 0.4) is 0 Å². The fraction of sp³-hybridized carbons (Fsp3) is 0.0426. The molecule has 0 N–H and O–H groups in total. The van der Waals surface area contributed by atoms with E-state index in [0.717, 1.165) is 33.7 Å². The number of benzene rings is 6. The van der Waals surface area contributed by atoms with Gasteiger partial charge in [0.2, 0.25) is 0 Å². The predicted molar refractivity (Wildman–Crippen MR) is 224 cm³/mol. The summed E-state index contributed by atoms with van der Waals surface area (Å²) in [5, 5.41) is 14.4. The van der Waals surface area contributed by atoms with Gasteiger partial charge in [0, 0.05) is 36.7 Å². The Morgan fingerprint density at radius 3 is 2.25 bits per heavy atom. The Labute approximate surface area is 311 Å². The molecule has 0 fully saturated rings. The van der Waals surface area contributed by atoms with Gasteiger partial charge in [0.25, 0.3) is 0 Å². The zero-order chi connectivity index (χ0) is 34.8. The van der Waals surface area contributed by atoms with E-state index in [-0.39, 0.29) is 5.92 Å². The smallest absolute Gasteiger partial charge is 0.145 e. The van der Waals surface area contributed by atoms with Crippen LogP contribution in [0.15, 0.2) is 164 Å². The third-order valence-electron chi connectivity index (χ3n) is 10.3. The van der Waals surface area contributed by atoms with Crippen LogP contribution in [0, 0.1) is 11.3 Å². The summed E-state index contributed by atoms with van der Waals surface area (Å²) in [7, 11) is 0. The molecule has 0 unspecified atom stereocenters. The Morgan fingerprint density at radius 1 is 0.673 bits per heavy atom. The molecule has 2 bridgehead atoms. The molecule has 0 spiro atoms. The van der Waals surface area contributed by atoms with E-state index in [0.29, 0.717) is 5.56 Å². The van der Waals surface area contributed by atoms with Crippen molar-refractivity contribution in [1.82, 2.24) is 14.1 Å². The predicted octanol–water partition coefficient (Wildman–Crippen LogP) is 11.8. The third-order valence-corrected chi connectivity index (χ3v) is 13.3. The number of fused-ring (bicyclic) bond motifs is 10. The molecule has 0 saturated heterocycles. The number of rotatable bonds is 5. The van der Waals surface area contributed by atoms with Crippen molar-refractivity contribution in [2.45, 2.75) is 12.8 Å². The van der Waals surface area contributed by atoms with Crippen molar-refractivity contribution in [2.24, 2.45) is 0 Å². The Kier molecular flexibility index (Phi) is 7.26. The van der Waals surface area contributed by atoms with Crippen molar-refractivity contribution in [3.8, 4) is 17.4 Å². The average Bonchev–Trinajstić information content (AvgIpc) is 3.69. The highest BCUT2D eigenvalue weighted by atomic mass is 127. The number of hydrogen-bond donors (Lipinski definition) is 0. The first-order valence-corrected chi connectivity index (χ1v) is 19.6. The molecular formula is C47H31IN4. The van der Waals surface area contributed by atoms with Crippen LogP contribution in [-0.4, -0.2) is 17.6 Å². The largest absolute Gasteiger partial charge is 0.309 e.